The Bertz CT molecular complexity index is 164. The van der Waals surface area contributed by atoms with Gasteiger partial charge in [0.25, 0.3) is 0 Å². The molecule has 1 atom stereocenters. The first-order valence-corrected chi connectivity index (χ1v) is 5.19. The normalized spacial score (nSPS) is 20.2. The Morgan fingerprint density at radius 3 is 2.69 bits per heavy atom. The summed E-state index contributed by atoms with van der Waals surface area (Å²) in [4.78, 5) is 16.6. The van der Waals surface area contributed by atoms with E-state index in [0.29, 0.717) is 0 Å². The summed E-state index contributed by atoms with van der Waals surface area (Å²) < 4.78 is 0. The SMILES string of the molecule is CCC(C)C(=O)NOC1CCCC1. The second-order valence-corrected chi connectivity index (χ2v) is 3.80. The highest BCUT2D eigenvalue weighted by atomic mass is 16.7. The van der Waals surface area contributed by atoms with Gasteiger partial charge in [-0.25, -0.2) is 5.48 Å². The highest BCUT2D eigenvalue weighted by molar-refractivity contribution is 5.77. The molecule has 0 aromatic heterocycles. The van der Waals surface area contributed by atoms with Crippen LogP contribution in [0.3, 0.4) is 0 Å². The fraction of sp³-hybridized carbons (Fsp3) is 0.900. The van der Waals surface area contributed by atoms with E-state index in [4.69, 9.17) is 4.84 Å². The van der Waals surface area contributed by atoms with Crippen LogP contribution in [-0.2, 0) is 9.63 Å². The minimum Gasteiger partial charge on any atom is -0.273 e. The zero-order valence-electron chi connectivity index (χ0n) is 8.51. The van der Waals surface area contributed by atoms with Crippen molar-refractivity contribution < 1.29 is 9.63 Å². The Hall–Kier alpha value is -0.570. The molecule has 1 aliphatic carbocycles. The van der Waals surface area contributed by atoms with Crippen LogP contribution in [0.15, 0.2) is 0 Å². The van der Waals surface area contributed by atoms with Crippen LogP contribution >= 0.6 is 0 Å². The number of carbonyl (C=O) groups is 1. The van der Waals surface area contributed by atoms with Crippen molar-refractivity contribution in [2.75, 3.05) is 0 Å². The predicted octanol–water partition coefficient (Wildman–Crippen LogP) is 2.02. The van der Waals surface area contributed by atoms with Crippen molar-refractivity contribution in [3.63, 3.8) is 0 Å². The van der Waals surface area contributed by atoms with Crippen LogP contribution in [0.1, 0.15) is 46.0 Å². The first kappa shape index (κ1) is 10.5. The fourth-order valence-electron chi connectivity index (χ4n) is 1.43. The number of hydroxylamine groups is 1. The molecule has 0 saturated heterocycles. The van der Waals surface area contributed by atoms with E-state index in [1.165, 1.54) is 12.8 Å². The van der Waals surface area contributed by atoms with Crippen LogP contribution in [0.5, 0.6) is 0 Å². The van der Waals surface area contributed by atoms with Crippen molar-refractivity contribution in [3.05, 3.63) is 0 Å². The van der Waals surface area contributed by atoms with Crippen LogP contribution in [-0.4, -0.2) is 12.0 Å². The molecule has 3 nitrogen and oxygen atoms in total. The van der Waals surface area contributed by atoms with Gasteiger partial charge < -0.3 is 0 Å². The van der Waals surface area contributed by atoms with Gasteiger partial charge in [0, 0.05) is 5.92 Å². The van der Waals surface area contributed by atoms with Gasteiger partial charge in [0.05, 0.1) is 6.10 Å². The number of hydrogen-bond acceptors (Lipinski definition) is 2. The highest BCUT2D eigenvalue weighted by Crippen LogP contribution is 2.19. The molecule has 1 fully saturated rings. The molecule has 13 heavy (non-hydrogen) atoms. The first-order valence-electron chi connectivity index (χ1n) is 5.19. The molecule has 0 radical (unpaired) electrons. The first-order chi connectivity index (χ1) is 6.24. The van der Waals surface area contributed by atoms with Crippen LogP contribution < -0.4 is 5.48 Å². The Labute approximate surface area is 79.8 Å². The molecule has 1 unspecified atom stereocenters. The second kappa shape index (κ2) is 5.22. The monoisotopic (exact) mass is 185 g/mol. The smallest absolute Gasteiger partial charge is 0.246 e. The summed E-state index contributed by atoms with van der Waals surface area (Å²) in [5.74, 6) is 0.0656. The average Bonchev–Trinajstić information content (AvgIpc) is 2.65. The van der Waals surface area contributed by atoms with Gasteiger partial charge in [-0.05, 0) is 19.3 Å². The van der Waals surface area contributed by atoms with E-state index in [1.807, 2.05) is 13.8 Å². The van der Waals surface area contributed by atoms with Crippen molar-refractivity contribution in [2.24, 2.45) is 5.92 Å². The molecule has 3 heteroatoms. The van der Waals surface area contributed by atoms with Crippen molar-refractivity contribution in [3.8, 4) is 0 Å². The van der Waals surface area contributed by atoms with Crippen LogP contribution in [0.25, 0.3) is 0 Å². The fourth-order valence-corrected chi connectivity index (χ4v) is 1.43. The van der Waals surface area contributed by atoms with E-state index in [-0.39, 0.29) is 17.9 Å². The number of rotatable bonds is 4. The van der Waals surface area contributed by atoms with Gasteiger partial charge in [-0.3, -0.25) is 9.63 Å². The maximum Gasteiger partial charge on any atom is 0.246 e. The van der Waals surface area contributed by atoms with E-state index < -0.39 is 0 Å². The topological polar surface area (TPSA) is 38.3 Å². The lowest BCUT2D eigenvalue weighted by Crippen LogP contribution is -2.32. The summed E-state index contributed by atoms with van der Waals surface area (Å²) in [6.45, 7) is 3.91. The third-order valence-electron chi connectivity index (χ3n) is 2.69. The minimum atomic E-state index is 0.00870. The minimum absolute atomic E-state index is 0.00870. The third kappa shape index (κ3) is 3.35. The molecule has 0 aromatic carbocycles. The zero-order chi connectivity index (χ0) is 9.68. The third-order valence-corrected chi connectivity index (χ3v) is 2.69. The highest BCUT2D eigenvalue weighted by Gasteiger charge is 2.18. The van der Waals surface area contributed by atoms with E-state index >= 15 is 0 Å². The average molecular weight is 185 g/mol. The van der Waals surface area contributed by atoms with E-state index in [0.717, 1.165) is 19.3 Å². The maximum absolute atomic E-state index is 11.3. The summed E-state index contributed by atoms with van der Waals surface area (Å²) in [7, 11) is 0. The molecule has 0 aliphatic heterocycles. The molecule has 76 valence electrons. The molecule has 1 rings (SSSR count). The summed E-state index contributed by atoms with van der Waals surface area (Å²) in [5, 5.41) is 0. The van der Waals surface area contributed by atoms with Crippen LogP contribution in [0.2, 0.25) is 0 Å². The predicted molar refractivity (Wildman–Crippen MR) is 50.9 cm³/mol. The van der Waals surface area contributed by atoms with Crippen LogP contribution in [0, 0.1) is 5.92 Å². The van der Waals surface area contributed by atoms with Crippen molar-refractivity contribution in [1.29, 1.82) is 0 Å². The van der Waals surface area contributed by atoms with Gasteiger partial charge in [-0.2, -0.15) is 0 Å². The van der Waals surface area contributed by atoms with Gasteiger partial charge in [0.15, 0.2) is 0 Å². The van der Waals surface area contributed by atoms with E-state index in [9.17, 15) is 4.79 Å². The molecule has 1 saturated carbocycles. The van der Waals surface area contributed by atoms with Crippen LogP contribution in [0.4, 0.5) is 0 Å². The number of nitrogens with one attached hydrogen (secondary N) is 1. The van der Waals surface area contributed by atoms with Gasteiger partial charge in [0.2, 0.25) is 5.91 Å². The Morgan fingerprint density at radius 1 is 1.54 bits per heavy atom. The Kier molecular flexibility index (Phi) is 4.22. The molecule has 0 bridgehead atoms. The Balaban J connectivity index is 2.13. The van der Waals surface area contributed by atoms with Gasteiger partial charge >= 0.3 is 0 Å². The second-order valence-electron chi connectivity index (χ2n) is 3.80. The van der Waals surface area contributed by atoms with Crippen molar-refractivity contribution in [2.45, 2.75) is 52.1 Å². The molecular formula is C10H19NO2. The van der Waals surface area contributed by atoms with Gasteiger partial charge in [-0.15, -0.1) is 0 Å². The quantitative estimate of drug-likeness (QED) is 0.680. The molecule has 1 amide bonds. The van der Waals surface area contributed by atoms with Gasteiger partial charge in [0.1, 0.15) is 0 Å². The molecule has 0 spiro atoms. The lowest BCUT2D eigenvalue weighted by molar-refractivity contribution is -0.141. The number of carbonyl (C=O) groups excluding carboxylic acids is 1. The van der Waals surface area contributed by atoms with Gasteiger partial charge in [-0.1, -0.05) is 26.7 Å². The molecule has 1 N–H and O–H groups in total. The summed E-state index contributed by atoms with van der Waals surface area (Å²) in [6, 6.07) is 0. The van der Waals surface area contributed by atoms with E-state index in [1.54, 1.807) is 0 Å². The standard InChI is InChI=1S/C10H19NO2/c1-3-8(2)10(12)11-13-9-6-4-5-7-9/h8-9H,3-7H2,1-2H3,(H,11,12). The lowest BCUT2D eigenvalue weighted by atomic mass is 10.1. The van der Waals surface area contributed by atoms with Crippen molar-refractivity contribution in [1.82, 2.24) is 5.48 Å². The maximum atomic E-state index is 11.3. The zero-order valence-corrected chi connectivity index (χ0v) is 8.51. The van der Waals surface area contributed by atoms with Crippen molar-refractivity contribution >= 4 is 5.91 Å². The number of amides is 1. The number of hydrogen-bond donors (Lipinski definition) is 1. The lowest BCUT2D eigenvalue weighted by Gasteiger charge is -2.13. The Morgan fingerprint density at radius 2 is 2.15 bits per heavy atom. The molecule has 0 aromatic rings. The summed E-state index contributed by atoms with van der Waals surface area (Å²) in [6.07, 6.45) is 5.74. The van der Waals surface area contributed by atoms with E-state index in [2.05, 4.69) is 5.48 Å². The molecule has 0 heterocycles. The summed E-state index contributed by atoms with van der Waals surface area (Å²) >= 11 is 0. The molecular weight excluding hydrogens is 166 g/mol. The largest absolute Gasteiger partial charge is 0.273 e. The summed E-state index contributed by atoms with van der Waals surface area (Å²) in [5.41, 5.74) is 2.54. The molecule has 1 aliphatic rings.